The molecule has 49 heavy (non-hydrogen) atoms. The lowest BCUT2D eigenvalue weighted by molar-refractivity contribution is -0.137. The summed E-state index contributed by atoms with van der Waals surface area (Å²) in [6.07, 6.45) is 2.06. The van der Waals surface area contributed by atoms with Crippen molar-refractivity contribution in [2.45, 2.75) is 50.6 Å². The highest BCUT2D eigenvalue weighted by atomic mass is 32.2. The molecule has 3 aromatic heterocycles. The summed E-state index contributed by atoms with van der Waals surface area (Å²) >= 11 is 0. The summed E-state index contributed by atoms with van der Waals surface area (Å²) in [5, 5.41) is 18.9. The lowest BCUT2D eigenvalue weighted by atomic mass is 9.89. The van der Waals surface area contributed by atoms with Gasteiger partial charge in [0, 0.05) is 66.7 Å². The number of rotatable bonds is 9. The third kappa shape index (κ3) is 7.49. The van der Waals surface area contributed by atoms with Gasteiger partial charge in [0.15, 0.2) is 0 Å². The van der Waals surface area contributed by atoms with E-state index in [0.717, 1.165) is 60.9 Å². The number of halogens is 3. The van der Waals surface area contributed by atoms with Gasteiger partial charge >= 0.3 is 6.18 Å². The predicted octanol–water partition coefficient (Wildman–Crippen LogP) is 3.63. The van der Waals surface area contributed by atoms with Crippen LogP contribution in [0.3, 0.4) is 0 Å². The number of H-pyrrole nitrogens is 1. The molecule has 1 atom stereocenters. The largest absolute Gasteiger partial charge is 0.416 e. The second-order valence-electron chi connectivity index (χ2n) is 13.1. The maximum absolute atomic E-state index is 13.2. The second kappa shape index (κ2) is 13.6. The zero-order chi connectivity index (χ0) is 34.3. The van der Waals surface area contributed by atoms with Gasteiger partial charge in [0.1, 0.15) is 0 Å². The number of alkyl halides is 3. The summed E-state index contributed by atoms with van der Waals surface area (Å²) in [7, 11) is -3.49. The van der Waals surface area contributed by atoms with Crippen LogP contribution in [-0.2, 0) is 40.4 Å². The predicted molar refractivity (Wildman–Crippen MR) is 175 cm³/mol. The molecule has 2 N–H and O–H groups in total. The molecule has 1 unspecified atom stereocenters. The van der Waals surface area contributed by atoms with Gasteiger partial charge in [0.05, 0.1) is 62.0 Å². The third-order valence-corrected chi connectivity index (χ3v) is 10.9. The first-order valence-corrected chi connectivity index (χ1v) is 18.4. The number of likely N-dealkylation sites (tertiary alicyclic amines) is 1. The molecule has 2 fully saturated rings. The van der Waals surface area contributed by atoms with Gasteiger partial charge in [-0.25, -0.2) is 13.4 Å². The molecule has 7 rings (SSSR count). The molecule has 0 aliphatic carbocycles. The van der Waals surface area contributed by atoms with Crippen molar-refractivity contribution in [2.75, 3.05) is 58.7 Å². The topological polar surface area (TPSA) is 129 Å². The zero-order valence-corrected chi connectivity index (χ0v) is 28.0. The molecule has 1 aromatic carbocycles. The number of morpholine rings is 1. The summed E-state index contributed by atoms with van der Waals surface area (Å²) in [4.78, 5) is 16.1. The summed E-state index contributed by atoms with van der Waals surface area (Å²) in [5.74, 6) is 0.890. The van der Waals surface area contributed by atoms with Crippen molar-refractivity contribution in [2.24, 2.45) is 0 Å². The van der Waals surface area contributed by atoms with Crippen molar-refractivity contribution in [3.8, 4) is 17.1 Å². The Morgan fingerprint density at radius 2 is 1.82 bits per heavy atom. The van der Waals surface area contributed by atoms with Crippen LogP contribution in [0, 0.1) is 0 Å². The first-order chi connectivity index (χ1) is 23.4. The van der Waals surface area contributed by atoms with Crippen molar-refractivity contribution in [1.29, 1.82) is 0 Å². The van der Waals surface area contributed by atoms with Crippen LogP contribution in [0.5, 0.6) is 5.88 Å². The van der Waals surface area contributed by atoms with Crippen LogP contribution in [-0.4, -0.2) is 112 Å². The average Bonchev–Trinajstić information content (AvgIpc) is 3.66. The van der Waals surface area contributed by atoms with Gasteiger partial charge < -0.3 is 24.6 Å². The number of β-amino-alcohol motifs (C(OH)–C–C–N with tert-alkyl or cyclic N) is 1. The summed E-state index contributed by atoms with van der Waals surface area (Å²) < 4.78 is 72.8. The lowest BCUT2D eigenvalue weighted by Crippen LogP contribution is -2.40. The Balaban J connectivity index is 0.999. The molecular weight excluding hydrogens is 663 g/mol. The SMILES string of the molecule is CS(=O)(=O)N1CCc2c(c(-c3ccc(C(F)(F)F)cc3)nn2CC(O)CN2CCC(c3c[nH]c4cc(ON5CCOCC5)ncc34)CC2)C1. The number of aliphatic hydroxyl groups is 1. The van der Waals surface area contributed by atoms with Gasteiger partial charge in [0.2, 0.25) is 15.9 Å². The number of fused-ring (bicyclic) bond motifs is 2. The first kappa shape index (κ1) is 33.9. The van der Waals surface area contributed by atoms with E-state index in [1.807, 2.05) is 17.3 Å². The molecule has 6 heterocycles. The standard InChI is InChI=1S/C33H40F3N7O5S/c1-49(45,46)42-11-8-30-28(21-42)32(23-2-4-24(5-3-23)33(34,35)36)39-43(30)20-25(44)19-40-9-6-22(7-10-40)26-17-37-29-16-31(38-18-27(26)29)48-41-12-14-47-15-13-41/h2-5,16-18,22,25,37,44H,6-15,19-21H2,1H3. The van der Waals surface area contributed by atoms with E-state index in [1.54, 1.807) is 4.68 Å². The van der Waals surface area contributed by atoms with Gasteiger partial charge in [-0.05, 0) is 49.5 Å². The number of pyridine rings is 1. The summed E-state index contributed by atoms with van der Waals surface area (Å²) in [6, 6.07) is 6.65. The molecule has 2 saturated heterocycles. The second-order valence-corrected chi connectivity index (χ2v) is 15.0. The number of aromatic amines is 1. The average molecular weight is 704 g/mol. The number of piperidine rings is 1. The van der Waals surface area contributed by atoms with Crippen LogP contribution in [0.1, 0.15) is 41.1 Å². The number of hydrogen-bond acceptors (Lipinski definition) is 9. The van der Waals surface area contributed by atoms with Gasteiger partial charge in [0.25, 0.3) is 0 Å². The fourth-order valence-corrected chi connectivity index (χ4v) is 7.89. The van der Waals surface area contributed by atoms with Gasteiger partial charge in [-0.15, -0.1) is 5.06 Å². The van der Waals surface area contributed by atoms with Crippen molar-refractivity contribution < 1.29 is 36.3 Å². The minimum absolute atomic E-state index is 0.0691. The maximum atomic E-state index is 13.2. The van der Waals surface area contributed by atoms with Crippen LogP contribution in [0.15, 0.2) is 42.7 Å². The van der Waals surface area contributed by atoms with E-state index in [1.165, 1.54) is 22.0 Å². The van der Waals surface area contributed by atoms with E-state index in [4.69, 9.17) is 14.7 Å². The first-order valence-electron chi connectivity index (χ1n) is 16.5. The Kier molecular flexibility index (Phi) is 9.45. The van der Waals surface area contributed by atoms with Crippen LogP contribution in [0.4, 0.5) is 13.2 Å². The number of sulfonamides is 1. The van der Waals surface area contributed by atoms with Gasteiger partial charge in [-0.3, -0.25) is 4.68 Å². The zero-order valence-electron chi connectivity index (χ0n) is 27.2. The highest BCUT2D eigenvalue weighted by Gasteiger charge is 2.33. The fourth-order valence-electron chi connectivity index (χ4n) is 7.11. The molecule has 0 spiro atoms. The van der Waals surface area contributed by atoms with Crippen LogP contribution < -0.4 is 4.84 Å². The Hall–Kier alpha value is -3.54. The van der Waals surface area contributed by atoms with Crippen LogP contribution in [0.25, 0.3) is 22.2 Å². The molecule has 16 heteroatoms. The van der Waals surface area contributed by atoms with Gasteiger partial charge in [-0.2, -0.15) is 22.6 Å². The Labute approximate surface area is 282 Å². The molecule has 0 radical (unpaired) electrons. The summed E-state index contributed by atoms with van der Waals surface area (Å²) in [6.45, 7) is 5.22. The molecule has 12 nitrogen and oxygen atoms in total. The van der Waals surface area contributed by atoms with E-state index in [9.17, 15) is 26.7 Å². The molecule has 264 valence electrons. The lowest BCUT2D eigenvalue weighted by Gasteiger charge is -2.33. The highest BCUT2D eigenvalue weighted by Crippen LogP contribution is 2.36. The minimum Gasteiger partial charge on any atom is -0.390 e. The van der Waals surface area contributed by atoms with E-state index >= 15 is 0 Å². The molecule has 0 amide bonds. The number of nitrogens with zero attached hydrogens (tertiary/aromatic N) is 6. The molecule has 3 aliphatic rings. The monoisotopic (exact) mass is 703 g/mol. The normalized spacial score (nSPS) is 19.7. The van der Waals surface area contributed by atoms with Crippen molar-refractivity contribution >= 4 is 20.9 Å². The molecule has 0 bridgehead atoms. The number of aromatic nitrogens is 4. The van der Waals surface area contributed by atoms with E-state index in [2.05, 4.69) is 21.1 Å². The highest BCUT2D eigenvalue weighted by molar-refractivity contribution is 7.88. The van der Waals surface area contributed by atoms with Crippen molar-refractivity contribution in [3.63, 3.8) is 0 Å². The van der Waals surface area contributed by atoms with E-state index in [-0.39, 0.29) is 19.6 Å². The summed E-state index contributed by atoms with van der Waals surface area (Å²) in [5.41, 5.74) is 3.76. The number of nitrogens with one attached hydrogen (secondary N) is 1. The van der Waals surface area contributed by atoms with Gasteiger partial charge in [-0.1, -0.05) is 12.1 Å². The quantitative estimate of drug-likeness (QED) is 0.269. The number of ether oxygens (including phenoxy) is 1. The van der Waals surface area contributed by atoms with E-state index < -0.39 is 27.9 Å². The minimum atomic E-state index is -4.47. The number of hydroxylamine groups is 2. The molecule has 0 saturated carbocycles. The van der Waals surface area contributed by atoms with Crippen LogP contribution in [0.2, 0.25) is 0 Å². The number of aliphatic hydroxyl groups excluding tert-OH is 1. The maximum Gasteiger partial charge on any atom is 0.416 e. The molecular formula is C33H40F3N7O5S. The Bertz CT molecular complexity index is 1880. The molecule has 3 aliphatic heterocycles. The Morgan fingerprint density at radius 1 is 1.08 bits per heavy atom. The van der Waals surface area contributed by atoms with E-state index in [0.29, 0.717) is 67.9 Å². The number of benzene rings is 1. The third-order valence-electron chi connectivity index (χ3n) is 9.70. The number of hydrogen-bond donors (Lipinski definition) is 2. The smallest absolute Gasteiger partial charge is 0.390 e. The van der Waals surface area contributed by atoms with Crippen molar-refractivity contribution in [3.05, 3.63) is 65.1 Å². The fraction of sp³-hybridized carbons (Fsp3) is 0.515. The Morgan fingerprint density at radius 3 is 2.51 bits per heavy atom. The molecule has 4 aromatic rings. The van der Waals surface area contributed by atoms with Crippen molar-refractivity contribution in [1.82, 2.24) is 34.0 Å². The van der Waals surface area contributed by atoms with Crippen LogP contribution >= 0.6 is 0 Å².